The molecule has 2 aromatic rings. The van der Waals surface area contributed by atoms with E-state index in [2.05, 4.69) is 64.6 Å². The van der Waals surface area contributed by atoms with Crippen molar-refractivity contribution < 1.29 is 4.74 Å². The molecule has 0 spiro atoms. The lowest BCUT2D eigenvalue weighted by Crippen LogP contribution is -2.19. The van der Waals surface area contributed by atoms with Gasteiger partial charge in [-0.05, 0) is 61.5 Å². The van der Waals surface area contributed by atoms with E-state index in [9.17, 15) is 0 Å². The van der Waals surface area contributed by atoms with E-state index in [1.165, 1.54) is 16.0 Å². The van der Waals surface area contributed by atoms with Crippen LogP contribution in [0, 0.1) is 6.92 Å². The van der Waals surface area contributed by atoms with Crippen LogP contribution in [0.2, 0.25) is 0 Å². The van der Waals surface area contributed by atoms with Crippen molar-refractivity contribution in [2.45, 2.75) is 17.9 Å². The molecule has 0 heterocycles. The largest absolute Gasteiger partial charge is 0.497 e. The number of hydrogen-bond acceptors (Lipinski definition) is 3. The predicted molar refractivity (Wildman–Crippen MR) is 94.4 cm³/mol. The third kappa shape index (κ3) is 4.50. The number of methoxy groups -OCH3 is 1. The van der Waals surface area contributed by atoms with Crippen molar-refractivity contribution in [3.8, 4) is 5.75 Å². The quantitative estimate of drug-likeness (QED) is 0.741. The first kappa shape index (κ1) is 16.4. The highest BCUT2D eigenvalue weighted by Gasteiger charge is 2.13. The van der Waals surface area contributed by atoms with Gasteiger partial charge in [0.15, 0.2) is 0 Å². The summed E-state index contributed by atoms with van der Waals surface area (Å²) in [6.07, 6.45) is 0. The summed E-state index contributed by atoms with van der Waals surface area (Å²) in [4.78, 5) is 1.28. The van der Waals surface area contributed by atoms with E-state index in [1.807, 2.05) is 24.9 Å². The Bertz CT molecular complexity index is 586. The molecule has 4 heteroatoms. The van der Waals surface area contributed by atoms with Gasteiger partial charge in [-0.25, -0.2) is 0 Å². The standard InChI is InChI=1S/C17H20BrNOS/c1-12-10-14(20-3)6-9-16(12)17(19-2)11-21-15-7-4-13(18)5-8-15/h4-10,17,19H,11H2,1-3H3. The summed E-state index contributed by atoms with van der Waals surface area (Å²) in [5, 5.41) is 3.41. The van der Waals surface area contributed by atoms with Crippen LogP contribution >= 0.6 is 27.7 Å². The maximum Gasteiger partial charge on any atom is 0.119 e. The molecule has 2 nitrogen and oxygen atoms in total. The van der Waals surface area contributed by atoms with Crippen LogP contribution in [-0.4, -0.2) is 19.9 Å². The van der Waals surface area contributed by atoms with Gasteiger partial charge in [0, 0.05) is 21.2 Å². The number of aryl methyl sites for hydroxylation is 1. The summed E-state index contributed by atoms with van der Waals surface area (Å²) >= 11 is 5.33. The molecule has 0 aliphatic rings. The molecule has 0 amide bonds. The lowest BCUT2D eigenvalue weighted by molar-refractivity contribution is 0.414. The minimum absolute atomic E-state index is 0.324. The van der Waals surface area contributed by atoms with Crippen LogP contribution < -0.4 is 10.1 Å². The average molecular weight is 366 g/mol. The van der Waals surface area contributed by atoms with Crippen LogP contribution in [0.4, 0.5) is 0 Å². The van der Waals surface area contributed by atoms with Crippen molar-refractivity contribution in [1.29, 1.82) is 0 Å². The molecule has 1 N–H and O–H groups in total. The van der Waals surface area contributed by atoms with Gasteiger partial charge in [0.05, 0.1) is 7.11 Å². The molecular weight excluding hydrogens is 346 g/mol. The van der Waals surface area contributed by atoms with E-state index in [4.69, 9.17) is 4.74 Å². The Morgan fingerprint density at radius 3 is 2.48 bits per heavy atom. The van der Waals surface area contributed by atoms with Crippen molar-refractivity contribution in [1.82, 2.24) is 5.32 Å². The SMILES string of the molecule is CNC(CSc1ccc(Br)cc1)c1ccc(OC)cc1C. The summed E-state index contributed by atoms with van der Waals surface area (Å²) in [5.74, 6) is 1.90. The zero-order valence-corrected chi connectivity index (χ0v) is 14.9. The van der Waals surface area contributed by atoms with Gasteiger partial charge in [-0.2, -0.15) is 0 Å². The Morgan fingerprint density at radius 2 is 1.90 bits per heavy atom. The Kier molecular flexibility index (Phi) is 6.15. The molecule has 0 saturated heterocycles. The van der Waals surface area contributed by atoms with E-state index in [0.717, 1.165) is 16.0 Å². The second-order valence-corrected chi connectivity index (χ2v) is 6.84. The second kappa shape index (κ2) is 7.87. The number of nitrogens with one attached hydrogen (secondary N) is 1. The van der Waals surface area contributed by atoms with Crippen LogP contribution in [0.15, 0.2) is 51.8 Å². The van der Waals surface area contributed by atoms with Crippen molar-refractivity contribution in [3.63, 3.8) is 0 Å². The Hall–Kier alpha value is -0.970. The Labute approximate surface area is 139 Å². The van der Waals surface area contributed by atoms with Crippen molar-refractivity contribution >= 4 is 27.7 Å². The molecule has 21 heavy (non-hydrogen) atoms. The zero-order chi connectivity index (χ0) is 15.2. The normalized spacial score (nSPS) is 12.2. The highest BCUT2D eigenvalue weighted by atomic mass is 79.9. The number of ether oxygens (including phenoxy) is 1. The van der Waals surface area contributed by atoms with Crippen molar-refractivity contribution in [2.75, 3.05) is 19.9 Å². The van der Waals surface area contributed by atoms with E-state index in [1.54, 1.807) is 7.11 Å². The first-order valence-corrected chi connectivity index (χ1v) is 8.62. The fraction of sp³-hybridized carbons (Fsp3) is 0.294. The van der Waals surface area contributed by atoms with E-state index >= 15 is 0 Å². The lowest BCUT2D eigenvalue weighted by Gasteiger charge is -2.19. The third-order valence-electron chi connectivity index (χ3n) is 3.43. The summed E-state index contributed by atoms with van der Waals surface area (Å²) in [7, 11) is 3.71. The molecule has 0 fully saturated rings. The molecular formula is C17H20BrNOS. The van der Waals surface area contributed by atoms with Crippen LogP contribution in [0.1, 0.15) is 17.2 Å². The van der Waals surface area contributed by atoms with E-state index in [-0.39, 0.29) is 0 Å². The van der Waals surface area contributed by atoms with Gasteiger partial charge < -0.3 is 10.1 Å². The maximum absolute atomic E-state index is 5.27. The first-order valence-electron chi connectivity index (χ1n) is 6.84. The van der Waals surface area contributed by atoms with Gasteiger partial charge in [-0.3, -0.25) is 0 Å². The number of rotatable bonds is 6. The molecule has 0 bridgehead atoms. The maximum atomic E-state index is 5.27. The molecule has 0 saturated carbocycles. The van der Waals surface area contributed by atoms with Gasteiger partial charge in [-0.15, -0.1) is 11.8 Å². The smallest absolute Gasteiger partial charge is 0.119 e. The average Bonchev–Trinajstić information content (AvgIpc) is 2.50. The lowest BCUT2D eigenvalue weighted by atomic mass is 10.0. The Morgan fingerprint density at radius 1 is 1.19 bits per heavy atom. The summed E-state index contributed by atoms with van der Waals surface area (Å²) in [6, 6.07) is 15.0. The monoisotopic (exact) mass is 365 g/mol. The van der Waals surface area contributed by atoms with Gasteiger partial charge >= 0.3 is 0 Å². The number of benzene rings is 2. The molecule has 0 aromatic heterocycles. The van der Waals surface area contributed by atoms with Gasteiger partial charge in [0.25, 0.3) is 0 Å². The molecule has 0 radical (unpaired) electrons. The summed E-state index contributed by atoms with van der Waals surface area (Å²) < 4.78 is 6.39. The topological polar surface area (TPSA) is 21.3 Å². The number of hydrogen-bond donors (Lipinski definition) is 1. The summed E-state index contributed by atoms with van der Waals surface area (Å²) in [5.41, 5.74) is 2.58. The molecule has 2 aromatic carbocycles. The fourth-order valence-electron chi connectivity index (χ4n) is 2.21. The molecule has 0 aliphatic heterocycles. The molecule has 0 aliphatic carbocycles. The number of thioether (sulfide) groups is 1. The van der Waals surface area contributed by atoms with E-state index < -0.39 is 0 Å². The van der Waals surface area contributed by atoms with Gasteiger partial charge in [0.1, 0.15) is 5.75 Å². The molecule has 1 unspecified atom stereocenters. The van der Waals surface area contributed by atoms with Crippen LogP contribution in [0.25, 0.3) is 0 Å². The van der Waals surface area contributed by atoms with Crippen LogP contribution in [0.3, 0.4) is 0 Å². The first-order chi connectivity index (χ1) is 10.1. The van der Waals surface area contributed by atoms with Crippen LogP contribution in [-0.2, 0) is 0 Å². The Balaban J connectivity index is 2.07. The summed E-state index contributed by atoms with van der Waals surface area (Å²) in [6.45, 7) is 2.13. The zero-order valence-electron chi connectivity index (χ0n) is 12.5. The van der Waals surface area contributed by atoms with Gasteiger partial charge in [-0.1, -0.05) is 22.0 Å². The third-order valence-corrected chi connectivity index (χ3v) is 5.07. The minimum atomic E-state index is 0.324. The second-order valence-electron chi connectivity index (χ2n) is 4.83. The van der Waals surface area contributed by atoms with Crippen molar-refractivity contribution in [2.24, 2.45) is 0 Å². The highest BCUT2D eigenvalue weighted by Crippen LogP contribution is 2.28. The molecule has 112 valence electrons. The fourth-order valence-corrected chi connectivity index (χ4v) is 3.50. The van der Waals surface area contributed by atoms with Crippen molar-refractivity contribution in [3.05, 3.63) is 58.1 Å². The molecule has 2 rings (SSSR count). The predicted octanol–water partition coefficient (Wildman–Crippen LogP) is 4.82. The molecule has 1 atom stereocenters. The van der Waals surface area contributed by atoms with Crippen LogP contribution in [0.5, 0.6) is 5.75 Å². The number of halogens is 1. The minimum Gasteiger partial charge on any atom is -0.497 e. The van der Waals surface area contributed by atoms with E-state index in [0.29, 0.717) is 6.04 Å². The highest BCUT2D eigenvalue weighted by molar-refractivity contribution is 9.10. The van der Waals surface area contributed by atoms with Gasteiger partial charge in [0.2, 0.25) is 0 Å².